The molecule has 0 spiro atoms. The molecule has 0 aliphatic heterocycles. The second-order valence-corrected chi connectivity index (χ2v) is 4.30. The van der Waals surface area contributed by atoms with Crippen molar-refractivity contribution in [2.45, 2.75) is 59.1 Å². The third kappa shape index (κ3) is 5.56. The van der Waals surface area contributed by atoms with E-state index in [1.54, 1.807) is 0 Å². The molecule has 1 heterocycles. The van der Waals surface area contributed by atoms with E-state index in [1.807, 2.05) is 6.92 Å². The first-order chi connectivity index (χ1) is 8.38. The molecule has 2 nitrogen and oxygen atoms in total. The van der Waals surface area contributed by atoms with Crippen LogP contribution in [0.25, 0.3) is 0 Å². The van der Waals surface area contributed by atoms with E-state index in [1.165, 1.54) is 19.7 Å². The van der Waals surface area contributed by atoms with Gasteiger partial charge in [0.1, 0.15) is 5.69 Å². The van der Waals surface area contributed by atoms with Gasteiger partial charge >= 0.3 is 6.18 Å². The summed E-state index contributed by atoms with van der Waals surface area (Å²) in [5.41, 5.74) is -0.308. The molecule has 0 atom stereocenters. The quantitative estimate of drug-likeness (QED) is 0.727. The Labute approximate surface area is 107 Å². The van der Waals surface area contributed by atoms with Crippen molar-refractivity contribution < 1.29 is 13.2 Å². The summed E-state index contributed by atoms with van der Waals surface area (Å²) in [7, 11) is 1.33. The lowest BCUT2D eigenvalue weighted by Crippen LogP contribution is -2.14. The van der Waals surface area contributed by atoms with E-state index >= 15 is 0 Å². The van der Waals surface area contributed by atoms with Crippen molar-refractivity contribution >= 4 is 0 Å². The van der Waals surface area contributed by atoms with E-state index in [4.69, 9.17) is 0 Å². The lowest BCUT2D eigenvalue weighted by Gasteiger charge is -2.09. The third-order valence-corrected chi connectivity index (χ3v) is 2.33. The molecule has 0 N–H and O–H groups in total. The van der Waals surface area contributed by atoms with E-state index in [0.29, 0.717) is 12.0 Å². The molecule has 0 fully saturated rings. The van der Waals surface area contributed by atoms with Crippen LogP contribution in [0.15, 0.2) is 6.20 Å². The molecule has 106 valence electrons. The first kappa shape index (κ1) is 17.0. The number of hydrogen-bond donors (Lipinski definition) is 0. The maximum atomic E-state index is 12.6. The first-order valence-corrected chi connectivity index (χ1v) is 6.46. The van der Waals surface area contributed by atoms with Gasteiger partial charge in [0.25, 0.3) is 0 Å². The maximum absolute atomic E-state index is 12.6. The van der Waals surface area contributed by atoms with Gasteiger partial charge in [0.15, 0.2) is 0 Å². The number of hydrogen-bond acceptors (Lipinski definition) is 1. The van der Waals surface area contributed by atoms with Gasteiger partial charge in [-0.05, 0) is 12.8 Å². The molecule has 1 aromatic heterocycles. The summed E-state index contributed by atoms with van der Waals surface area (Å²) in [5, 5.41) is 3.66. The normalized spacial score (nSPS) is 11.1. The molecular weight excluding hydrogens is 241 g/mol. The van der Waals surface area contributed by atoms with Crippen molar-refractivity contribution in [3.05, 3.63) is 17.5 Å². The van der Waals surface area contributed by atoms with E-state index in [2.05, 4.69) is 18.9 Å². The van der Waals surface area contributed by atoms with Crippen LogP contribution in [0.3, 0.4) is 0 Å². The molecule has 0 aliphatic carbocycles. The highest BCUT2D eigenvalue weighted by molar-refractivity contribution is 5.20. The Bertz CT molecular complexity index is 329. The predicted octanol–water partition coefficient (Wildman–Crippen LogP) is 4.59. The number of rotatable bonds is 4. The van der Waals surface area contributed by atoms with Gasteiger partial charge in [-0.3, -0.25) is 4.68 Å². The van der Waals surface area contributed by atoms with Gasteiger partial charge in [-0.2, -0.15) is 18.3 Å². The minimum atomic E-state index is -4.30. The van der Waals surface area contributed by atoms with Crippen molar-refractivity contribution in [2.75, 3.05) is 0 Å². The number of alkyl halides is 3. The molecule has 18 heavy (non-hydrogen) atoms. The van der Waals surface area contributed by atoms with Crippen LogP contribution in [0.5, 0.6) is 0 Å². The summed E-state index contributed by atoms with van der Waals surface area (Å²) in [5.74, 6) is 0. The van der Waals surface area contributed by atoms with Gasteiger partial charge in [0.2, 0.25) is 0 Å². The van der Waals surface area contributed by atoms with Crippen molar-refractivity contribution in [1.29, 1.82) is 0 Å². The van der Waals surface area contributed by atoms with Gasteiger partial charge in [-0.25, -0.2) is 0 Å². The summed E-state index contributed by atoms with van der Waals surface area (Å²) in [6.07, 6.45) is 1.46. The van der Waals surface area contributed by atoms with E-state index in [0.717, 1.165) is 23.9 Å². The summed E-state index contributed by atoms with van der Waals surface area (Å²) < 4.78 is 38.7. The highest BCUT2D eigenvalue weighted by atomic mass is 19.4. The number of unbranched alkanes of at least 4 members (excludes halogenated alkanes) is 2. The Morgan fingerprint density at radius 1 is 1.17 bits per heavy atom. The minimum Gasteiger partial charge on any atom is -0.263 e. The Hall–Kier alpha value is -1.00. The Kier molecular flexibility index (Phi) is 7.71. The van der Waals surface area contributed by atoms with Crippen molar-refractivity contribution in [2.24, 2.45) is 7.05 Å². The standard InChI is InChI=1S/C10H15F3N2.C3H8/c1-3-4-5-6-8-7-14-15(2)9(8)10(11,12)13;1-3-2/h7H,3-6H2,1-2H3;3H2,1-2H3. The van der Waals surface area contributed by atoms with E-state index in [-0.39, 0.29) is 0 Å². The van der Waals surface area contributed by atoms with Gasteiger partial charge < -0.3 is 0 Å². The zero-order chi connectivity index (χ0) is 14.2. The summed E-state index contributed by atoms with van der Waals surface area (Å²) in [4.78, 5) is 0. The SMILES string of the molecule is CCC.CCCCCc1cnn(C)c1C(F)(F)F. The summed E-state index contributed by atoms with van der Waals surface area (Å²) >= 11 is 0. The van der Waals surface area contributed by atoms with Gasteiger partial charge in [0, 0.05) is 12.6 Å². The van der Waals surface area contributed by atoms with Crippen LogP contribution in [0.4, 0.5) is 13.2 Å². The van der Waals surface area contributed by atoms with Crippen LogP contribution >= 0.6 is 0 Å². The molecule has 0 unspecified atom stereocenters. The highest BCUT2D eigenvalue weighted by Gasteiger charge is 2.36. The zero-order valence-electron chi connectivity index (χ0n) is 11.6. The van der Waals surface area contributed by atoms with Crippen LogP contribution < -0.4 is 0 Å². The molecule has 0 aliphatic rings. The topological polar surface area (TPSA) is 17.8 Å². The summed E-state index contributed by atoms with van der Waals surface area (Å²) in [6, 6.07) is 0. The molecule has 0 radical (unpaired) electrons. The van der Waals surface area contributed by atoms with Crippen LogP contribution in [0.2, 0.25) is 0 Å². The number of nitrogens with zero attached hydrogens (tertiary/aromatic N) is 2. The predicted molar refractivity (Wildman–Crippen MR) is 67.4 cm³/mol. The molecule has 0 saturated heterocycles. The average Bonchev–Trinajstić information content (AvgIpc) is 2.61. The molecule has 1 aromatic rings. The van der Waals surface area contributed by atoms with E-state index in [9.17, 15) is 13.2 Å². The molecule has 0 saturated carbocycles. The fourth-order valence-electron chi connectivity index (χ4n) is 1.60. The molecule has 5 heteroatoms. The van der Waals surface area contributed by atoms with Crippen LogP contribution in [-0.4, -0.2) is 9.78 Å². The number of aryl methyl sites for hydroxylation is 2. The lowest BCUT2D eigenvalue weighted by atomic mass is 10.1. The molecule has 1 rings (SSSR count). The smallest absolute Gasteiger partial charge is 0.263 e. The fraction of sp³-hybridized carbons (Fsp3) is 0.769. The van der Waals surface area contributed by atoms with Crippen molar-refractivity contribution in [1.82, 2.24) is 9.78 Å². The maximum Gasteiger partial charge on any atom is 0.433 e. The molecule has 0 aromatic carbocycles. The van der Waals surface area contributed by atoms with Gasteiger partial charge in [0.05, 0.1) is 6.20 Å². The largest absolute Gasteiger partial charge is 0.433 e. The van der Waals surface area contributed by atoms with Crippen molar-refractivity contribution in [3.8, 4) is 0 Å². The van der Waals surface area contributed by atoms with E-state index < -0.39 is 11.9 Å². The third-order valence-electron chi connectivity index (χ3n) is 2.33. The van der Waals surface area contributed by atoms with Crippen LogP contribution in [0, 0.1) is 0 Å². The Morgan fingerprint density at radius 3 is 2.17 bits per heavy atom. The Morgan fingerprint density at radius 2 is 1.72 bits per heavy atom. The van der Waals surface area contributed by atoms with Crippen LogP contribution in [0.1, 0.15) is 57.7 Å². The molecular formula is C13H23F3N2. The number of halogens is 3. The monoisotopic (exact) mass is 264 g/mol. The minimum absolute atomic E-state index is 0.304. The average molecular weight is 264 g/mol. The lowest BCUT2D eigenvalue weighted by molar-refractivity contribution is -0.144. The Balaban J connectivity index is 0.000000873. The fourth-order valence-corrected chi connectivity index (χ4v) is 1.60. The number of aromatic nitrogens is 2. The zero-order valence-corrected chi connectivity index (χ0v) is 11.6. The first-order valence-electron chi connectivity index (χ1n) is 6.46. The van der Waals surface area contributed by atoms with Gasteiger partial charge in [-0.15, -0.1) is 0 Å². The molecule has 0 bridgehead atoms. The van der Waals surface area contributed by atoms with Crippen LogP contribution in [-0.2, 0) is 19.6 Å². The summed E-state index contributed by atoms with van der Waals surface area (Å²) in [6.45, 7) is 6.27. The van der Waals surface area contributed by atoms with Crippen molar-refractivity contribution in [3.63, 3.8) is 0 Å². The second kappa shape index (κ2) is 8.16. The van der Waals surface area contributed by atoms with Gasteiger partial charge in [-0.1, -0.05) is 40.0 Å². The highest BCUT2D eigenvalue weighted by Crippen LogP contribution is 2.32. The second-order valence-electron chi connectivity index (χ2n) is 4.30. The molecule has 0 amide bonds.